The summed E-state index contributed by atoms with van der Waals surface area (Å²) in [6.45, 7) is 9.44. The van der Waals surface area contributed by atoms with Gasteiger partial charge < -0.3 is 10.1 Å². The van der Waals surface area contributed by atoms with Crippen molar-refractivity contribution in [2.24, 2.45) is 0 Å². The Morgan fingerprint density at radius 2 is 1.64 bits per heavy atom. The van der Waals surface area contributed by atoms with E-state index in [9.17, 15) is 13.2 Å². The zero-order chi connectivity index (χ0) is 26.0. The van der Waals surface area contributed by atoms with Gasteiger partial charge in [0.05, 0.1) is 22.7 Å². The van der Waals surface area contributed by atoms with E-state index >= 15 is 0 Å². The zero-order valence-corrected chi connectivity index (χ0v) is 21.5. The van der Waals surface area contributed by atoms with Crippen LogP contribution in [-0.4, -0.2) is 35.9 Å². The predicted octanol–water partition coefficient (Wildman–Crippen LogP) is 4.98. The van der Waals surface area contributed by atoms with E-state index in [2.05, 4.69) is 25.0 Å². The first-order valence-corrected chi connectivity index (χ1v) is 12.8. The number of anilines is 3. The van der Waals surface area contributed by atoms with Gasteiger partial charge in [0.1, 0.15) is 5.56 Å². The first kappa shape index (κ1) is 25.1. The van der Waals surface area contributed by atoms with E-state index < -0.39 is 16.0 Å². The number of fused-ring (bicyclic) bond motifs is 1. The maximum Gasteiger partial charge on any atom is 0.341 e. The van der Waals surface area contributed by atoms with E-state index in [0.29, 0.717) is 28.3 Å². The third kappa shape index (κ3) is 5.28. The third-order valence-corrected chi connectivity index (χ3v) is 6.79. The molecule has 2 N–H and O–H groups in total. The Morgan fingerprint density at radius 3 is 2.28 bits per heavy atom. The van der Waals surface area contributed by atoms with Gasteiger partial charge in [-0.2, -0.15) is 0 Å². The van der Waals surface area contributed by atoms with Crippen LogP contribution in [0.15, 0.2) is 53.6 Å². The highest BCUT2D eigenvalue weighted by atomic mass is 32.2. The highest BCUT2D eigenvalue weighted by Gasteiger charge is 2.20. The Balaban J connectivity index is 1.69. The van der Waals surface area contributed by atoms with Gasteiger partial charge in [0.25, 0.3) is 10.0 Å². The monoisotopic (exact) mass is 505 g/mol. The lowest BCUT2D eigenvalue weighted by atomic mass is 10.0. The summed E-state index contributed by atoms with van der Waals surface area (Å²) in [7, 11) is -3.90. The molecule has 36 heavy (non-hydrogen) atoms. The van der Waals surface area contributed by atoms with E-state index in [1.807, 2.05) is 26.0 Å². The normalized spacial score (nSPS) is 11.4. The van der Waals surface area contributed by atoms with Crippen LogP contribution in [0.3, 0.4) is 0 Å². The molecule has 4 rings (SSSR count). The van der Waals surface area contributed by atoms with Crippen molar-refractivity contribution in [1.82, 2.24) is 15.0 Å². The number of aryl methyl sites for hydroxylation is 4. The lowest BCUT2D eigenvalue weighted by Crippen LogP contribution is -2.15. The second-order valence-corrected chi connectivity index (χ2v) is 10.2. The number of hydrogen-bond donors (Lipinski definition) is 2. The molecule has 10 heteroatoms. The molecule has 0 saturated carbocycles. The molecule has 2 aromatic heterocycles. The van der Waals surface area contributed by atoms with Crippen LogP contribution in [0.4, 0.5) is 17.3 Å². The smallest absolute Gasteiger partial charge is 0.341 e. The minimum Gasteiger partial charge on any atom is -0.462 e. The van der Waals surface area contributed by atoms with Crippen LogP contribution < -0.4 is 10.0 Å². The molecule has 0 aliphatic rings. The van der Waals surface area contributed by atoms with E-state index in [1.165, 1.54) is 18.3 Å². The molecule has 9 nitrogen and oxygen atoms in total. The summed E-state index contributed by atoms with van der Waals surface area (Å²) in [5.74, 6) is -0.479. The number of benzene rings is 2. The Morgan fingerprint density at radius 1 is 0.972 bits per heavy atom. The fraction of sp³-hybridized carbons (Fsp3) is 0.231. The highest BCUT2D eigenvalue weighted by molar-refractivity contribution is 7.92. The Hall–Kier alpha value is -4.05. The van der Waals surface area contributed by atoms with Crippen molar-refractivity contribution in [3.8, 4) is 0 Å². The van der Waals surface area contributed by atoms with Crippen molar-refractivity contribution in [3.05, 3.63) is 76.7 Å². The van der Waals surface area contributed by atoms with Gasteiger partial charge in [0, 0.05) is 28.7 Å². The second kappa shape index (κ2) is 9.90. The van der Waals surface area contributed by atoms with Crippen LogP contribution in [0.1, 0.15) is 39.8 Å². The van der Waals surface area contributed by atoms with Crippen LogP contribution >= 0.6 is 0 Å². The molecule has 0 spiro atoms. The van der Waals surface area contributed by atoms with Crippen LogP contribution in [-0.2, 0) is 14.8 Å². The molecule has 0 aliphatic carbocycles. The van der Waals surface area contributed by atoms with Gasteiger partial charge in [0.2, 0.25) is 5.95 Å². The lowest BCUT2D eigenvalue weighted by molar-refractivity contribution is 0.0527. The minimum atomic E-state index is -3.90. The van der Waals surface area contributed by atoms with Crippen LogP contribution in [0, 0.1) is 27.7 Å². The number of nitrogens with zero attached hydrogens (tertiary/aromatic N) is 3. The molecule has 2 heterocycles. The molecule has 186 valence electrons. The van der Waals surface area contributed by atoms with Crippen molar-refractivity contribution in [1.29, 1.82) is 0 Å². The fourth-order valence-electron chi connectivity index (χ4n) is 3.97. The number of carbonyl (C=O) groups is 1. The molecule has 0 unspecified atom stereocenters. The first-order chi connectivity index (χ1) is 17.1. The van der Waals surface area contributed by atoms with Crippen LogP contribution in [0.5, 0.6) is 0 Å². The van der Waals surface area contributed by atoms with Crippen molar-refractivity contribution in [2.75, 3.05) is 16.6 Å². The van der Waals surface area contributed by atoms with Gasteiger partial charge in [-0.25, -0.2) is 27.9 Å². The van der Waals surface area contributed by atoms with Crippen molar-refractivity contribution in [2.45, 2.75) is 39.5 Å². The summed E-state index contributed by atoms with van der Waals surface area (Å²) in [4.78, 5) is 25.5. The number of nitrogens with one attached hydrogen (secondary N) is 2. The second-order valence-electron chi connectivity index (χ2n) is 8.47. The average Bonchev–Trinajstić information content (AvgIpc) is 2.79. The molecule has 0 fully saturated rings. The fourth-order valence-corrected chi connectivity index (χ4v) is 4.92. The number of rotatable bonds is 7. The Bertz CT molecular complexity index is 1550. The van der Waals surface area contributed by atoms with E-state index in [-0.39, 0.29) is 17.5 Å². The first-order valence-electron chi connectivity index (χ1n) is 11.4. The van der Waals surface area contributed by atoms with Gasteiger partial charge in [0.15, 0.2) is 0 Å². The third-order valence-electron chi connectivity index (χ3n) is 5.44. The molecule has 2 aromatic carbocycles. The molecule has 0 amide bonds. The van der Waals surface area contributed by atoms with E-state index in [4.69, 9.17) is 4.74 Å². The number of pyridine rings is 1. The SMILES string of the molecule is CCOC(=O)c1cnc2c(C)cc(C)cc2c1Nc1ccc(S(=O)(=O)Nc2nc(C)cc(C)n2)cc1. The van der Waals surface area contributed by atoms with E-state index in [1.54, 1.807) is 39.0 Å². The molecule has 0 atom stereocenters. The molecule has 4 aromatic rings. The average molecular weight is 506 g/mol. The molecule has 0 saturated heterocycles. The Labute approximate surface area is 210 Å². The summed E-state index contributed by atoms with van der Waals surface area (Å²) in [6, 6.07) is 11.9. The maximum atomic E-state index is 12.9. The quantitative estimate of drug-likeness (QED) is 0.337. The highest BCUT2D eigenvalue weighted by Crippen LogP contribution is 2.32. The number of hydrogen-bond acceptors (Lipinski definition) is 8. The molecule has 0 bridgehead atoms. The molecular weight excluding hydrogens is 478 g/mol. The number of esters is 1. The van der Waals surface area contributed by atoms with Gasteiger partial charge >= 0.3 is 5.97 Å². The van der Waals surface area contributed by atoms with Crippen molar-refractivity contribution < 1.29 is 17.9 Å². The lowest BCUT2D eigenvalue weighted by Gasteiger charge is -2.16. The summed E-state index contributed by atoms with van der Waals surface area (Å²) >= 11 is 0. The summed E-state index contributed by atoms with van der Waals surface area (Å²) in [5.41, 5.74) is 5.50. The summed E-state index contributed by atoms with van der Waals surface area (Å²) in [6.07, 6.45) is 1.50. The van der Waals surface area contributed by atoms with Crippen molar-refractivity contribution in [3.63, 3.8) is 0 Å². The standard InChI is InChI=1S/C26H27N5O4S/c1-6-35-25(32)22-14-27-23-16(3)11-15(2)12-21(23)24(22)30-19-7-9-20(10-8-19)36(33,34)31-26-28-17(4)13-18(5)29-26/h7-14H,6H2,1-5H3,(H,27,30)(H,28,29,31). The molecule has 0 aliphatic heterocycles. The van der Waals surface area contributed by atoms with Gasteiger partial charge in [-0.1, -0.05) is 11.6 Å². The van der Waals surface area contributed by atoms with Crippen LogP contribution in [0.25, 0.3) is 10.9 Å². The number of carbonyl (C=O) groups excluding carboxylic acids is 1. The molecule has 0 radical (unpaired) electrons. The van der Waals surface area contributed by atoms with Gasteiger partial charge in [-0.15, -0.1) is 0 Å². The zero-order valence-electron chi connectivity index (χ0n) is 20.7. The number of sulfonamides is 1. The number of ether oxygens (including phenoxy) is 1. The van der Waals surface area contributed by atoms with Gasteiger partial charge in [-0.05, 0) is 76.6 Å². The molecular formula is C26H27N5O4S. The summed E-state index contributed by atoms with van der Waals surface area (Å²) in [5, 5.41) is 4.04. The minimum absolute atomic E-state index is 0.0165. The summed E-state index contributed by atoms with van der Waals surface area (Å²) < 4.78 is 33.4. The maximum absolute atomic E-state index is 12.9. The van der Waals surface area contributed by atoms with E-state index in [0.717, 1.165) is 22.0 Å². The topological polar surface area (TPSA) is 123 Å². The Kier molecular flexibility index (Phi) is 6.89. The predicted molar refractivity (Wildman–Crippen MR) is 139 cm³/mol. The largest absolute Gasteiger partial charge is 0.462 e. The van der Waals surface area contributed by atoms with Crippen molar-refractivity contribution >= 4 is 44.2 Å². The number of aromatic nitrogens is 3. The van der Waals surface area contributed by atoms with Crippen LogP contribution in [0.2, 0.25) is 0 Å². The van der Waals surface area contributed by atoms with Gasteiger partial charge in [-0.3, -0.25) is 4.98 Å².